The highest BCUT2D eigenvalue weighted by molar-refractivity contribution is 6.06. The van der Waals surface area contributed by atoms with E-state index in [1.807, 2.05) is 78.6 Å². The Labute approximate surface area is 219 Å². The number of ketones is 1. The third-order valence-corrected chi connectivity index (χ3v) is 7.29. The van der Waals surface area contributed by atoms with E-state index in [-0.39, 0.29) is 17.6 Å². The van der Waals surface area contributed by atoms with E-state index in [0.29, 0.717) is 31.4 Å². The van der Waals surface area contributed by atoms with Crippen molar-refractivity contribution in [1.29, 1.82) is 0 Å². The van der Waals surface area contributed by atoms with Crippen molar-refractivity contribution in [2.45, 2.75) is 57.9 Å². The number of carbonyl (C=O) groups is 2. The maximum Gasteiger partial charge on any atom is 0.227 e. The molecule has 0 saturated heterocycles. The van der Waals surface area contributed by atoms with Gasteiger partial charge >= 0.3 is 0 Å². The first-order valence-corrected chi connectivity index (χ1v) is 13.3. The summed E-state index contributed by atoms with van der Waals surface area (Å²) in [5.41, 5.74) is 5.31. The Bertz CT molecular complexity index is 1300. The van der Waals surface area contributed by atoms with Crippen molar-refractivity contribution in [1.82, 2.24) is 0 Å². The minimum absolute atomic E-state index is 0.00885. The number of nitrogens with one attached hydrogen (secondary N) is 1. The molecule has 0 spiro atoms. The third kappa shape index (κ3) is 5.04. The molecule has 5 heteroatoms. The lowest BCUT2D eigenvalue weighted by Gasteiger charge is -2.35. The molecule has 0 bridgehead atoms. The van der Waals surface area contributed by atoms with Crippen LogP contribution in [0, 0.1) is 0 Å². The van der Waals surface area contributed by atoms with Crippen LogP contribution in [-0.2, 0) is 9.59 Å². The Morgan fingerprint density at radius 1 is 0.919 bits per heavy atom. The fourth-order valence-electron chi connectivity index (χ4n) is 5.39. The number of hydrogen-bond acceptors (Lipinski definition) is 4. The first-order chi connectivity index (χ1) is 18.1. The molecular weight excluding hydrogens is 460 g/mol. The topological polar surface area (TPSA) is 58.6 Å². The van der Waals surface area contributed by atoms with Crippen LogP contribution in [0.2, 0.25) is 0 Å². The summed E-state index contributed by atoms with van der Waals surface area (Å²) in [4.78, 5) is 29.2. The molecule has 1 heterocycles. The molecule has 0 aromatic heterocycles. The van der Waals surface area contributed by atoms with Gasteiger partial charge in [0, 0.05) is 24.1 Å². The van der Waals surface area contributed by atoms with Crippen LogP contribution in [0.15, 0.2) is 90.1 Å². The van der Waals surface area contributed by atoms with Gasteiger partial charge in [-0.2, -0.15) is 0 Å². The van der Waals surface area contributed by atoms with Crippen molar-refractivity contribution >= 4 is 23.1 Å². The molecule has 5 rings (SSSR count). The minimum atomic E-state index is -0.470. The third-order valence-electron chi connectivity index (χ3n) is 7.29. The maximum atomic E-state index is 13.9. The van der Waals surface area contributed by atoms with Gasteiger partial charge in [0.25, 0.3) is 0 Å². The second-order valence-corrected chi connectivity index (χ2v) is 9.76. The molecule has 0 saturated carbocycles. The second-order valence-electron chi connectivity index (χ2n) is 9.76. The monoisotopic (exact) mass is 494 g/mol. The van der Waals surface area contributed by atoms with Gasteiger partial charge in [-0.25, -0.2) is 0 Å². The van der Waals surface area contributed by atoms with E-state index in [1.54, 1.807) is 0 Å². The Morgan fingerprint density at radius 3 is 2.38 bits per heavy atom. The van der Waals surface area contributed by atoms with E-state index in [0.717, 1.165) is 46.8 Å². The molecule has 5 nitrogen and oxygen atoms in total. The predicted molar refractivity (Wildman–Crippen MR) is 148 cm³/mol. The Morgan fingerprint density at radius 2 is 1.65 bits per heavy atom. The molecule has 2 aliphatic rings. The standard InChI is InChI=1S/C32H34N2O3/c1-3-5-19-37-25-17-15-22(16-18-25)24-20-27-31(29(35)21-24)32(23-11-7-6-8-12-23)34(30(36)4-2)28-14-10-9-13-26(28)33-27/h6-18,24,32-33H,3-5,19-21H2,1-2H3/t24-,32-/m0/s1. The molecule has 3 aromatic rings. The SMILES string of the molecule is CCCCOc1ccc([C@@H]2CC(=O)C3=C(C2)Nc2ccccc2N(C(=O)CC)[C@H]3c2ccccc2)cc1. The molecule has 37 heavy (non-hydrogen) atoms. The molecule has 0 unspecified atom stereocenters. The molecule has 0 fully saturated rings. The number of carbonyl (C=O) groups excluding carboxylic acids is 2. The zero-order valence-electron chi connectivity index (χ0n) is 21.6. The molecule has 2 atom stereocenters. The number of amides is 1. The zero-order valence-corrected chi connectivity index (χ0v) is 21.6. The van der Waals surface area contributed by atoms with Crippen molar-refractivity contribution in [3.05, 3.63) is 101 Å². The quantitative estimate of drug-likeness (QED) is 0.354. The first kappa shape index (κ1) is 24.8. The van der Waals surface area contributed by atoms with Gasteiger partial charge in [-0.3, -0.25) is 14.5 Å². The van der Waals surface area contributed by atoms with Gasteiger partial charge in [0.15, 0.2) is 5.78 Å². The molecule has 1 N–H and O–H groups in total. The summed E-state index contributed by atoms with van der Waals surface area (Å²) in [5, 5.41) is 3.59. The highest BCUT2D eigenvalue weighted by atomic mass is 16.5. The van der Waals surface area contributed by atoms with Crippen molar-refractivity contribution in [3.8, 4) is 5.75 Å². The summed E-state index contributed by atoms with van der Waals surface area (Å²) >= 11 is 0. The van der Waals surface area contributed by atoms with Crippen LogP contribution in [0.25, 0.3) is 0 Å². The highest BCUT2D eigenvalue weighted by Crippen LogP contribution is 2.47. The number of hydrogen-bond donors (Lipinski definition) is 1. The summed E-state index contributed by atoms with van der Waals surface area (Å²) in [6.07, 6.45) is 3.58. The number of nitrogens with zero attached hydrogens (tertiary/aromatic N) is 1. The molecule has 3 aromatic carbocycles. The summed E-state index contributed by atoms with van der Waals surface area (Å²) in [6, 6.07) is 25.5. The largest absolute Gasteiger partial charge is 0.494 e. The van der Waals surface area contributed by atoms with Gasteiger partial charge in [0.2, 0.25) is 5.91 Å². The van der Waals surface area contributed by atoms with Gasteiger partial charge < -0.3 is 10.1 Å². The normalized spacial score (nSPS) is 19.0. The van der Waals surface area contributed by atoms with Crippen molar-refractivity contribution < 1.29 is 14.3 Å². The van der Waals surface area contributed by atoms with E-state index < -0.39 is 6.04 Å². The number of rotatable bonds is 7. The average molecular weight is 495 g/mol. The van der Waals surface area contributed by atoms with Crippen molar-refractivity contribution in [3.63, 3.8) is 0 Å². The molecular formula is C32H34N2O3. The van der Waals surface area contributed by atoms with Crippen LogP contribution in [0.3, 0.4) is 0 Å². The fourth-order valence-corrected chi connectivity index (χ4v) is 5.39. The lowest BCUT2D eigenvalue weighted by atomic mass is 9.78. The molecule has 1 aliphatic heterocycles. The zero-order chi connectivity index (χ0) is 25.8. The molecule has 0 radical (unpaired) electrons. The van der Waals surface area contributed by atoms with Gasteiger partial charge in [0.05, 0.1) is 24.0 Å². The van der Waals surface area contributed by atoms with Gasteiger partial charge in [0.1, 0.15) is 5.75 Å². The van der Waals surface area contributed by atoms with Crippen molar-refractivity contribution in [2.24, 2.45) is 0 Å². The van der Waals surface area contributed by atoms with E-state index in [4.69, 9.17) is 4.74 Å². The van der Waals surface area contributed by atoms with Gasteiger partial charge in [-0.1, -0.05) is 74.9 Å². The maximum absolute atomic E-state index is 13.9. The van der Waals surface area contributed by atoms with Gasteiger partial charge in [-0.15, -0.1) is 0 Å². The number of Topliss-reactive ketones (excluding diaryl/α,β-unsaturated/α-hetero) is 1. The molecule has 1 aliphatic carbocycles. The van der Waals surface area contributed by atoms with Crippen LogP contribution in [0.5, 0.6) is 5.75 Å². The van der Waals surface area contributed by atoms with E-state index in [2.05, 4.69) is 24.4 Å². The lowest BCUT2D eigenvalue weighted by Crippen LogP contribution is -2.38. The molecule has 190 valence electrons. The summed E-state index contributed by atoms with van der Waals surface area (Å²) < 4.78 is 5.83. The van der Waals surface area contributed by atoms with E-state index in [1.165, 1.54) is 0 Å². The van der Waals surface area contributed by atoms with E-state index in [9.17, 15) is 9.59 Å². The summed E-state index contributed by atoms with van der Waals surface area (Å²) in [7, 11) is 0. The lowest BCUT2D eigenvalue weighted by molar-refractivity contribution is -0.119. The average Bonchev–Trinajstić information content (AvgIpc) is 3.08. The highest BCUT2D eigenvalue weighted by Gasteiger charge is 2.41. The fraction of sp³-hybridized carbons (Fsp3) is 0.312. The predicted octanol–water partition coefficient (Wildman–Crippen LogP) is 7.18. The second kappa shape index (κ2) is 11.0. The number of allylic oxidation sites excluding steroid dienone is 1. The minimum Gasteiger partial charge on any atom is -0.494 e. The van der Waals surface area contributed by atoms with Crippen LogP contribution < -0.4 is 15.0 Å². The Balaban J connectivity index is 1.55. The summed E-state index contributed by atoms with van der Waals surface area (Å²) in [6.45, 7) is 4.73. The summed E-state index contributed by atoms with van der Waals surface area (Å²) in [5.74, 6) is 0.988. The number of para-hydroxylation sites is 2. The molecule has 1 amide bonds. The van der Waals surface area contributed by atoms with Crippen LogP contribution in [0.1, 0.15) is 69.0 Å². The van der Waals surface area contributed by atoms with Crippen molar-refractivity contribution in [2.75, 3.05) is 16.8 Å². The smallest absolute Gasteiger partial charge is 0.227 e. The number of ether oxygens (including phenoxy) is 1. The number of benzene rings is 3. The number of unbranched alkanes of at least 4 members (excludes halogenated alkanes) is 1. The van der Waals surface area contributed by atoms with Gasteiger partial charge in [-0.05, 0) is 54.2 Å². The van der Waals surface area contributed by atoms with Crippen LogP contribution in [-0.4, -0.2) is 18.3 Å². The van der Waals surface area contributed by atoms with Crippen LogP contribution >= 0.6 is 0 Å². The van der Waals surface area contributed by atoms with Crippen LogP contribution in [0.4, 0.5) is 11.4 Å². The Kier molecular flexibility index (Phi) is 7.40. The Hall–Kier alpha value is -3.86. The number of fused-ring (bicyclic) bond motifs is 1. The first-order valence-electron chi connectivity index (χ1n) is 13.3. The van der Waals surface area contributed by atoms with E-state index >= 15 is 0 Å². The number of anilines is 2.